The molecule has 0 spiro atoms. The first kappa shape index (κ1) is 40.6. The lowest BCUT2D eigenvalue weighted by molar-refractivity contribution is 0.905. The van der Waals surface area contributed by atoms with Crippen LogP contribution in [0.4, 0.5) is 0 Å². The molecule has 88 heavy (non-hydrogen) atoms. The van der Waals surface area contributed by atoms with E-state index in [9.17, 15) is 0 Å². The van der Waals surface area contributed by atoms with Gasteiger partial charge in [0.15, 0.2) is 0 Å². The molecule has 0 saturated heterocycles. The number of hydrogen-bond acceptors (Lipinski definition) is 11. The zero-order chi connectivity index (χ0) is 55.9. The lowest BCUT2D eigenvalue weighted by atomic mass is 9.70. The molecule has 0 aliphatic carbocycles. The molecule has 11 nitrogen and oxygen atoms in total. The van der Waals surface area contributed by atoms with Crippen LogP contribution in [0.5, 0.6) is 0 Å². The molecule has 0 amide bonds. The van der Waals surface area contributed by atoms with E-state index in [4.69, 9.17) is 40.8 Å². The highest BCUT2D eigenvalue weighted by atomic mass is 15.3. The topological polar surface area (TPSA) is 142 Å². The van der Waals surface area contributed by atoms with E-state index < -0.39 is 0 Å². The van der Waals surface area contributed by atoms with Gasteiger partial charge in [0, 0.05) is 113 Å². The molecule has 0 bridgehead atoms. The molecule has 0 aliphatic heterocycles. The smallest absolute Gasteiger partial charge is 0.126 e. The molecule has 0 unspecified atom stereocenters. The minimum absolute atomic E-state index is 0.715. The van der Waals surface area contributed by atoms with Crippen LogP contribution in [0, 0.1) is 27.7 Å². The highest BCUT2D eigenvalue weighted by molar-refractivity contribution is 6.68. The Labute approximate surface area is 486 Å². The van der Waals surface area contributed by atoms with Gasteiger partial charge in [-0.3, -0.25) is 0 Å². The van der Waals surface area contributed by atoms with E-state index in [-0.39, 0.29) is 0 Å². The summed E-state index contributed by atoms with van der Waals surface area (Å²) in [5, 5.41) is 112. The minimum Gasteiger partial charge on any atom is -0.158 e. The van der Waals surface area contributed by atoms with Crippen LogP contribution in [0.2, 0.25) is 0 Å². The maximum atomic E-state index is 5.24. The second-order valence-corrected chi connectivity index (χ2v) is 26.8. The van der Waals surface area contributed by atoms with Crippen molar-refractivity contribution in [3.05, 3.63) is 113 Å². The fourth-order valence-corrected chi connectivity index (χ4v) is 21.1. The average Bonchev–Trinajstić information content (AvgIpc) is 0.637. The molecular weight excluding hydrogens is 1080 g/mol. The van der Waals surface area contributed by atoms with E-state index in [1.165, 1.54) is 227 Å². The first-order chi connectivity index (χ1) is 43.4. The van der Waals surface area contributed by atoms with Crippen molar-refractivity contribution in [1.29, 1.82) is 0 Å². The first-order valence-electron chi connectivity index (χ1n) is 30.4. The summed E-state index contributed by atoms with van der Waals surface area (Å²) < 4.78 is 0. The molecule has 28 rings (SSSR count). The Morgan fingerprint density at radius 3 is 0.795 bits per heavy atom. The van der Waals surface area contributed by atoms with Crippen LogP contribution in [0.25, 0.3) is 292 Å². The van der Waals surface area contributed by atoms with Crippen LogP contribution < -0.4 is 0 Å². The summed E-state index contributed by atoms with van der Waals surface area (Å²) >= 11 is 0. The van der Waals surface area contributed by atoms with Gasteiger partial charge in [-0.2, -0.15) is 5.10 Å². The number of aromatic nitrogens is 11. The molecule has 11 heteroatoms. The van der Waals surface area contributed by atoms with Gasteiger partial charge < -0.3 is 0 Å². The van der Waals surface area contributed by atoms with Crippen LogP contribution in [-0.4, -0.2) is 56.4 Å². The van der Waals surface area contributed by atoms with Crippen molar-refractivity contribution in [2.45, 2.75) is 27.7 Å². The van der Waals surface area contributed by atoms with Gasteiger partial charge in [-0.05, 0) is 218 Å². The molecule has 0 saturated carbocycles. The maximum absolute atomic E-state index is 5.24. The Morgan fingerprint density at radius 2 is 0.398 bits per heavy atom. The van der Waals surface area contributed by atoms with Gasteiger partial charge >= 0.3 is 0 Å². The van der Waals surface area contributed by atoms with Crippen molar-refractivity contribution < 1.29 is 0 Å². The van der Waals surface area contributed by atoms with Crippen LogP contribution in [-0.2, 0) is 0 Å². The Balaban J connectivity index is 1.02. The fraction of sp³-hybridized carbons (Fsp3) is 0.0519. The van der Waals surface area contributed by atoms with E-state index in [0.29, 0.717) is 5.52 Å². The zero-order valence-corrected chi connectivity index (χ0v) is 46.6. The van der Waals surface area contributed by atoms with E-state index in [0.717, 1.165) is 81.6 Å². The number of rotatable bonds is 0. The highest BCUT2D eigenvalue weighted by Crippen LogP contribution is 2.67. The standard InChI is InChI=1S/C77H27N11/c1-20-5-9-24-34-17-33-27-14-16-31-48-44(27)55-50-32(18-35-25-10-6-21(2)38-40-23(4)8-12-29-46(40)59-57(42(25)38)63(52(35)55)61(48)67-66(59)69-73(29)81-87-84-76(69)77-70(67)74(31)82-88-85-77)26-13-15-30-47-43(26)54(49(33)50)51(34)62-56-41(24)37(20)39-22(3)7-11-28-45(39)58(56)65-64(60(47)62)53-36(19-78-79-71(30)53)75-68(65)72(28)80-86-83-75/h5-19H,1-4H3. The van der Waals surface area contributed by atoms with Crippen molar-refractivity contribution in [2.24, 2.45) is 0 Å². The van der Waals surface area contributed by atoms with Gasteiger partial charge in [0.1, 0.15) is 38.6 Å². The monoisotopic (exact) mass is 1110 g/mol. The van der Waals surface area contributed by atoms with Gasteiger partial charge in [0.25, 0.3) is 0 Å². The van der Waals surface area contributed by atoms with E-state index in [1.54, 1.807) is 0 Å². The number of aryl methyl sites for hydroxylation is 4. The van der Waals surface area contributed by atoms with E-state index in [1.807, 2.05) is 6.20 Å². The summed E-state index contributed by atoms with van der Waals surface area (Å²) in [5.41, 5.74) is 10.7. The fourth-order valence-electron chi connectivity index (χ4n) is 21.1. The van der Waals surface area contributed by atoms with E-state index >= 15 is 0 Å². The number of fused-ring (bicyclic) bond motifs is 12. The van der Waals surface area contributed by atoms with Gasteiger partial charge in [-0.1, -0.05) is 72.8 Å². The summed E-state index contributed by atoms with van der Waals surface area (Å²) in [6.45, 7) is 9.21. The molecular formula is C77H27N11. The quantitative estimate of drug-likeness (QED) is 0.106. The SMILES string of the molecule is Cc1ccc2c3nnnc4c5cnnc6c7ccc8c9cc%10c%11ccc(C)c%12c%13c(C)ccc%14c%15nnnc%16c%17nnnc%18c%19ccc%20c%21cc%22c%23ccc(C)c%24c1c2c1c(c43)c(c56)c2c7c8c(c%21c9c3c%20c%19c4c(c%18%17)c(c%15%16)c(c%14%13)c(c%11%12)c4c%103)c%22c2c1c%23%24. The lowest BCUT2D eigenvalue weighted by Gasteiger charge is -2.32. The summed E-state index contributed by atoms with van der Waals surface area (Å²) in [6.07, 6.45) is 1.93. The minimum atomic E-state index is 0.715. The normalized spacial score (nSPS) is 14.4. The van der Waals surface area contributed by atoms with Crippen LogP contribution in [0.3, 0.4) is 0 Å². The van der Waals surface area contributed by atoms with Crippen molar-refractivity contribution in [3.63, 3.8) is 0 Å². The van der Waals surface area contributed by atoms with Gasteiger partial charge in [-0.25, -0.2) is 0 Å². The molecule has 0 aliphatic rings. The third kappa shape index (κ3) is 3.41. The molecule has 0 radical (unpaired) electrons. The van der Waals surface area contributed by atoms with Crippen LogP contribution >= 0.6 is 0 Å². The second kappa shape index (κ2) is 11.7. The number of benzene rings is 24. The van der Waals surface area contributed by atoms with Crippen molar-refractivity contribution in [1.82, 2.24) is 56.4 Å². The summed E-state index contributed by atoms with van der Waals surface area (Å²) in [6, 6.07) is 33.7. The van der Waals surface area contributed by atoms with Gasteiger partial charge in [0.2, 0.25) is 0 Å². The third-order valence-corrected chi connectivity index (χ3v) is 23.8. The summed E-state index contributed by atoms with van der Waals surface area (Å²) in [4.78, 5) is 0. The first-order valence-corrected chi connectivity index (χ1v) is 30.4. The Hall–Kier alpha value is -11.7. The number of nitrogens with zero attached hydrogens (tertiary/aromatic N) is 11. The maximum Gasteiger partial charge on any atom is 0.126 e. The molecule has 0 atom stereocenters. The van der Waals surface area contributed by atoms with Gasteiger partial charge in [-0.15, -0.1) is 35.7 Å². The van der Waals surface area contributed by atoms with Crippen molar-refractivity contribution in [2.75, 3.05) is 0 Å². The molecule has 4 heterocycles. The van der Waals surface area contributed by atoms with E-state index in [2.05, 4.69) is 128 Å². The molecule has 24 aromatic carbocycles. The molecule has 0 N–H and O–H groups in total. The van der Waals surface area contributed by atoms with Gasteiger partial charge in [0.05, 0.1) is 6.20 Å². The highest BCUT2D eigenvalue weighted by Gasteiger charge is 2.39. The molecule has 28 aromatic rings. The Morgan fingerprint density at radius 1 is 0.170 bits per heavy atom. The lowest BCUT2D eigenvalue weighted by Crippen LogP contribution is -2.06. The Kier molecular flexibility index (Phi) is 5.40. The van der Waals surface area contributed by atoms with Crippen LogP contribution in [0.15, 0.2) is 91.1 Å². The molecule has 0 fully saturated rings. The largest absolute Gasteiger partial charge is 0.158 e. The number of hydrogen-bond donors (Lipinski definition) is 0. The molecule has 4 aromatic heterocycles. The molecule has 390 valence electrons. The predicted octanol–water partition coefficient (Wildman–Crippen LogP) is 19.0. The second-order valence-electron chi connectivity index (χ2n) is 26.8. The third-order valence-electron chi connectivity index (χ3n) is 23.8. The zero-order valence-electron chi connectivity index (χ0n) is 46.6. The van der Waals surface area contributed by atoms with Crippen molar-refractivity contribution in [3.8, 4) is 0 Å². The van der Waals surface area contributed by atoms with Crippen molar-refractivity contribution >= 4 is 292 Å². The Bertz CT molecular complexity index is 7780. The summed E-state index contributed by atoms with van der Waals surface area (Å²) in [5.74, 6) is 0. The average molecular weight is 1110 g/mol. The van der Waals surface area contributed by atoms with Crippen LogP contribution in [0.1, 0.15) is 22.3 Å². The summed E-state index contributed by atoms with van der Waals surface area (Å²) in [7, 11) is 0. The predicted molar refractivity (Wildman–Crippen MR) is 362 cm³/mol.